The van der Waals surface area contributed by atoms with Gasteiger partial charge in [-0.1, -0.05) is 17.7 Å². The fraction of sp³-hybridized carbons (Fsp3) is 0.619. The highest BCUT2D eigenvalue weighted by atomic mass is 16.2. The first-order chi connectivity index (χ1) is 12.7. The molecule has 6 heteroatoms. The first-order valence-corrected chi connectivity index (χ1v) is 10.0. The molecule has 1 heterocycles. The van der Waals surface area contributed by atoms with Crippen LogP contribution in [0.5, 0.6) is 0 Å². The average molecular weight is 377 g/mol. The Hall–Kier alpha value is -1.92. The van der Waals surface area contributed by atoms with Crippen LogP contribution in [0, 0.1) is 20.8 Å². The number of amides is 2. The van der Waals surface area contributed by atoms with Gasteiger partial charge in [-0.2, -0.15) is 0 Å². The lowest BCUT2D eigenvalue weighted by molar-refractivity contribution is -1.01. The first-order valence-electron chi connectivity index (χ1n) is 10.0. The fourth-order valence-electron chi connectivity index (χ4n) is 3.93. The number of benzene rings is 1. The van der Waals surface area contributed by atoms with Gasteiger partial charge in [0.15, 0.2) is 12.6 Å². The normalized spacial score (nSPS) is 21.0. The lowest BCUT2D eigenvalue weighted by Crippen LogP contribution is -3.30. The Morgan fingerprint density at radius 3 is 2.07 bits per heavy atom. The molecule has 1 aromatic carbocycles. The number of hydrogen-bond donors (Lipinski definition) is 4. The number of carbonyl (C=O) groups is 2. The van der Waals surface area contributed by atoms with Crippen molar-refractivity contribution in [1.29, 1.82) is 0 Å². The maximum absolute atomic E-state index is 12.8. The highest BCUT2D eigenvalue weighted by molar-refractivity contribution is 5.95. The van der Waals surface area contributed by atoms with Crippen LogP contribution in [0.25, 0.3) is 0 Å². The summed E-state index contributed by atoms with van der Waals surface area (Å²) in [5.41, 5.74) is 4.36. The molecule has 0 spiro atoms. The Kier molecular flexibility index (Phi) is 7.39. The van der Waals surface area contributed by atoms with Crippen LogP contribution < -0.4 is 20.4 Å². The maximum atomic E-state index is 12.8. The number of anilines is 1. The zero-order valence-corrected chi connectivity index (χ0v) is 17.7. The van der Waals surface area contributed by atoms with Crippen molar-refractivity contribution in [3.05, 3.63) is 28.8 Å². The number of nitrogens with one attached hydrogen (secondary N) is 4. The molecule has 1 aliphatic rings. The summed E-state index contributed by atoms with van der Waals surface area (Å²) < 4.78 is 0. The fourth-order valence-corrected chi connectivity index (χ4v) is 3.93. The Labute approximate surface area is 163 Å². The van der Waals surface area contributed by atoms with Crippen LogP contribution in [-0.2, 0) is 9.59 Å². The molecule has 1 atom stereocenters. The number of piperazine rings is 1. The second-order valence-electron chi connectivity index (χ2n) is 8.29. The minimum Gasteiger partial charge on any atom is -0.349 e. The first kappa shape index (κ1) is 21.4. The highest BCUT2D eigenvalue weighted by Gasteiger charge is 2.32. The summed E-state index contributed by atoms with van der Waals surface area (Å²) in [5.74, 6) is 0.181. The number of hydrogen-bond acceptors (Lipinski definition) is 2. The molecule has 150 valence electrons. The minimum absolute atomic E-state index is 0.0704. The van der Waals surface area contributed by atoms with E-state index in [2.05, 4.69) is 29.7 Å². The van der Waals surface area contributed by atoms with Gasteiger partial charge in [-0.05, 0) is 52.7 Å². The van der Waals surface area contributed by atoms with Crippen LogP contribution >= 0.6 is 0 Å². The summed E-state index contributed by atoms with van der Waals surface area (Å²) in [6, 6.07) is 4.28. The molecule has 2 amide bonds. The van der Waals surface area contributed by atoms with Crippen LogP contribution in [0.3, 0.4) is 0 Å². The summed E-state index contributed by atoms with van der Waals surface area (Å²) >= 11 is 0. The van der Waals surface area contributed by atoms with Gasteiger partial charge in [0.05, 0.1) is 0 Å². The van der Waals surface area contributed by atoms with Gasteiger partial charge >= 0.3 is 0 Å². The number of rotatable bonds is 6. The lowest BCUT2D eigenvalue weighted by atomic mass is 10.0. The summed E-state index contributed by atoms with van der Waals surface area (Å²) in [6.45, 7) is 16.3. The molecule has 2 rings (SSSR count). The Morgan fingerprint density at radius 2 is 1.56 bits per heavy atom. The second-order valence-corrected chi connectivity index (χ2v) is 8.29. The van der Waals surface area contributed by atoms with Gasteiger partial charge in [0.2, 0.25) is 0 Å². The van der Waals surface area contributed by atoms with Crippen LogP contribution in [-0.4, -0.2) is 56.6 Å². The topological polar surface area (TPSA) is 67.1 Å². The number of quaternary nitrogens is 2. The number of carbonyl (C=O) groups excluding carboxylic acids is 2. The van der Waals surface area contributed by atoms with Gasteiger partial charge in [-0.25, -0.2) is 0 Å². The van der Waals surface area contributed by atoms with E-state index in [0.29, 0.717) is 6.54 Å². The lowest BCUT2D eigenvalue weighted by Gasteiger charge is -2.32. The van der Waals surface area contributed by atoms with Crippen molar-refractivity contribution in [2.45, 2.75) is 53.6 Å². The third-order valence-corrected chi connectivity index (χ3v) is 5.39. The van der Waals surface area contributed by atoms with Crippen molar-refractivity contribution in [3.63, 3.8) is 0 Å². The molecule has 0 unspecified atom stereocenters. The average Bonchev–Trinajstić information content (AvgIpc) is 2.57. The van der Waals surface area contributed by atoms with Gasteiger partial charge in [-0.3, -0.25) is 9.59 Å². The zero-order chi connectivity index (χ0) is 20.1. The van der Waals surface area contributed by atoms with Crippen molar-refractivity contribution in [1.82, 2.24) is 5.32 Å². The molecule has 0 bridgehead atoms. The predicted molar refractivity (Wildman–Crippen MR) is 108 cm³/mol. The van der Waals surface area contributed by atoms with Gasteiger partial charge < -0.3 is 20.4 Å². The third kappa shape index (κ3) is 6.04. The Balaban J connectivity index is 1.87. The van der Waals surface area contributed by atoms with E-state index in [4.69, 9.17) is 0 Å². The van der Waals surface area contributed by atoms with E-state index in [1.807, 2.05) is 34.6 Å². The molecule has 1 aromatic rings. The predicted octanol–water partition coefficient (Wildman–Crippen LogP) is -0.753. The maximum Gasteiger partial charge on any atom is 0.282 e. The van der Waals surface area contributed by atoms with E-state index < -0.39 is 0 Å². The van der Waals surface area contributed by atoms with E-state index >= 15 is 0 Å². The van der Waals surface area contributed by atoms with Crippen LogP contribution in [0.2, 0.25) is 0 Å². The van der Waals surface area contributed by atoms with Crippen LogP contribution in [0.1, 0.15) is 37.5 Å². The minimum atomic E-state index is -0.101. The third-order valence-electron chi connectivity index (χ3n) is 5.39. The van der Waals surface area contributed by atoms with E-state index in [1.54, 1.807) is 0 Å². The molecular formula is C21H36N4O2+2. The number of aryl methyl sites for hydroxylation is 3. The summed E-state index contributed by atoms with van der Waals surface area (Å²) in [6.07, 6.45) is 0. The summed E-state index contributed by atoms with van der Waals surface area (Å²) in [5, 5.41) is 6.09. The van der Waals surface area contributed by atoms with E-state index in [1.165, 1.54) is 15.4 Å². The molecule has 0 saturated carbocycles. The van der Waals surface area contributed by atoms with E-state index in [9.17, 15) is 9.59 Å². The molecule has 0 radical (unpaired) electrons. The van der Waals surface area contributed by atoms with Crippen molar-refractivity contribution in [2.75, 3.05) is 38.0 Å². The molecule has 1 saturated heterocycles. The van der Waals surface area contributed by atoms with Crippen LogP contribution in [0.4, 0.5) is 5.69 Å². The molecule has 1 fully saturated rings. The van der Waals surface area contributed by atoms with Crippen LogP contribution in [0.15, 0.2) is 12.1 Å². The Morgan fingerprint density at radius 1 is 1.00 bits per heavy atom. The van der Waals surface area contributed by atoms with Crippen molar-refractivity contribution in [2.24, 2.45) is 0 Å². The Bertz CT molecular complexity index is 656. The van der Waals surface area contributed by atoms with Gasteiger partial charge in [0.25, 0.3) is 11.8 Å². The molecule has 6 nitrogen and oxygen atoms in total. The summed E-state index contributed by atoms with van der Waals surface area (Å²) in [4.78, 5) is 27.3. The summed E-state index contributed by atoms with van der Waals surface area (Å²) in [7, 11) is 0. The molecule has 27 heavy (non-hydrogen) atoms. The molecular weight excluding hydrogens is 340 g/mol. The monoisotopic (exact) mass is 376 g/mol. The molecule has 4 N–H and O–H groups in total. The van der Waals surface area contributed by atoms with Crippen molar-refractivity contribution in [3.8, 4) is 0 Å². The van der Waals surface area contributed by atoms with Crippen molar-refractivity contribution < 1.29 is 19.4 Å². The molecule has 0 aromatic heterocycles. The zero-order valence-electron chi connectivity index (χ0n) is 17.7. The largest absolute Gasteiger partial charge is 0.349 e. The molecule has 0 aliphatic carbocycles. The smallest absolute Gasteiger partial charge is 0.282 e. The SMILES string of the molecule is Cc1cc(C)c(NC(=O)[C@@H](C)[NH+]2CC[NH+](CC(=O)NC(C)C)CC2)c(C)c1. The standard InChI is InChI=1S/C21H34N4O2/c1-14(2)22-19(26)13-24-7-9-25(10-8-24)18(6)21(27)23-20-16(4)11-15(3)12-17(20)5/h11-12,14,18H,7-10,13H2,1-6H3,(H,22,26)(H,23,27)/p+2/t18-/m1/s1. The van der Waals surface area contributed by atoms with Crippen molar-refractivity contribution >= 4 is 17.5 Å². The van der Waals surface area contributed by atoms with Gasteiger partial charge in [0.1, 0.15) is 26.2 Å². The van der Waals surface area contributed by atoms with Gasteiger partial charge in [-0.15, -0.1) is 0 Å². The van der Waals surface area contributed by atoms with E-state index in [-0.39, 0.29) is 23.9 Å². The van der Waals surface area contributed by atoms with E-state index in [0.717, 1.165) is 43.0 Å². The van der Waals surface area contributed by atoms with Gasteiger partial charge in [0, 0.05) is 11.7 Å². The second kappa shape index (κ2) is 9.33. The highest BCUT2D eigenvalue weighted by Crippen LogP contribution is 2.21. The quantitative estimate of drug-likeness (QED) is 0.528. The molecule has 1 aliphatic heterocycles.